The Labute approximate surface area is 124 Å². The van der Waals surface area contributed by atoms with E-state index < -0.39 is 0 Å². The number of nitrogens with zero attached hydrogens (tertiary/aromatic N) is 1. The van der Waals surface area contributed by atoms with E-state index in [1.165, 1.54) is 0 Å². The Morgan fingerprint density at radius 2 is 2.15 bits per heavy atom. The van der Waals surface area contributed by atoms with E-state index in [2.05, 4.69) is 20.9 Å². The quantitative estimate of drug-likeness (QED) is 0.645. The van der Waals surface area contributed by atoms with Crippen LogP contribution in [-0.2, 0) is 0 Å². The lowest BCUT2D eigenvalue weighted by Crippen LogP contribution is -1.92. The molecule has 0 N–H and O–H groups in total. The van der Waals surface area contributed by atoms with Gasteiger partial charge in [-0.1, -0.05) is 19.1 Å². The van der Waals surface area contributed by atoms with Crippen LogP contribution in [0.3, 0.4) is 0 Å². The molecule has 100 valence electrons. The topological polar surface area (TPSA) is 43.1 Å². The molecule has 0 fully saturated rings. The molecule has 0 unspecified atom stereocenters. The minimum atomic E-state index is 0.00666. The van der Waals surface area contributed by atoms with Crippen LogP contribution >= 0.6 is 15.9 Å². The Morgan fingerprint density at radius 3 is 2.95 bits per heavy atom. The number of Topliss-reactive ketones (excluding diaryl/α,β-unsaturated/α-hetero) is 1. The van der Waals surface area contributed by atoms with Gasteiger partial charge in [-0.3, -0.25) is 9.78 Å². The highest BCUT2D eigenvalue weighted by Crippen LogP contribution is 2.30. The first-order chi connectivity index (χ1) is 9.69. The van der Waals surface area contributed by atoms with Gasteiger partial charge < -0.3 is 4.42 Å². The minimum absolute atomic E-state index is 0.00666. The van der Waals surface area contributed by atoms with Crippen LogP contribution < -0.4 is 0 Å². The number of pyridine rings is 1. The maximum atomic E-state index is 11.7. The highest BCUT2D eigenvalue weighted by Gasteiger charge is 2.13. The molecule has 1 aromatic carbocycles. The van der Waals surface area contributed by atoms with Crippen LogP contribution in [-0.4, -0.2) is 10.8 Å². The third kappa shape index (κ3) is 2.27. The molecule has 0 saturated heterocycles. The number of hydrogen-bond acceptors (Lipinski definition) is 3. The lowest BCUT2D eigenvalue weighted by molar-refractivity contribution is 0.0962. The van der Waals surface area contributed by atoms with Crippen molar-refractivity contribution >= 4 is 32.6 Å². The average molecular weight is 330 g/mol. The van der Waals surface area contributed by atoms with Crippen molar-refractivity contribution in [3.05, 3.63) is 52.8 Å². The Balaban J connectivity index is 2.14. The average Bonchev–Trinajstić information content (AvgIpc) is 2.95. The number of halogens is 1. The van der Waals surface area contributed by atoms with Gasteiger partial charge >= 0.3 is 0 Å². The predicted octanol–water partition coefficient (Wildman–Crippen LogP) is 4.85. The number of carbonyl (C=O) groups is 1. The van der Waals surface area contributed by atoms with E-state index in [0.29, 0.717) is 17.9 Å². The summed E-state index contributed by atoms with van der Waals surface area (Å²) in [5.41, 5.74) is 1.76. The maximum absolute atomic E-state index is 11.7. The largest absolute Gasteiger partial charge is 0.453 e. The molecule has 2 heterocycles. The van der Waals surface area contributed by atoms with Crippen LogP contribution in [0.25, 0.3) is 22.2 Å². The first-order valence-corrected chi connectivity index (χ1v) is 7.16. The normalized spacial score (nSPS) is 10.9. The van der Waals surface area contributed by atoms with Crippen LogP contribution in [0.2, 0.25) is 0 Å². The van der Waals surface area contributed by atoms with Crippen molar-refractivity contribution in [1.29, 1.82) is 0 Å². The maximum Gasteiger partial charge on any atom is 0.197 e. The Morgan fingerprint density at radius 1 is 1.30 bits per heavy atom. The van der Waals surface area contributed by atoms with Gasteiger partial charge in [0.05, 0.1) is 5.52 Å². The molecule has 0 aliphatic carbocycles. The Hall–Kier alpha value is -1.94. The number of benzene rings is 1. The summed E-state index contributed by atoms with van der Waals surface area (Å²) in [6.45, 7) is 1.82. The van der Waals surface area contributed by atoms with Crippen LogP contribution in [0.4, 0.5) is 0 Å². The summed E-state index contributed by atoms with van der Waals surface area (Å²) in [4.78, 5) is 16.1. The molecule has 0 amide bonds. The molecule has 20 heavy (non-hydrogen) atoms. The molecule has 0 bridgehead atoms. The predicted molar refractivity (Wildman–Crippen MR) is 81.8 cm³/mol. The molecule has 0 saturated carbocycles. The summed E-state index contributed by atoms with van der Waals surface area (Å²) >= 11 is 3.42. The van der Waals surface area contributed by atoms with E-state index in [0.717, 1.165) is 20.9 Å². The van der Waals surface area contributed by atoms with Crippen molar-refractivity contribution < 1.29 is 9.21 Å². The number of carbonyl (C=O) groups excluding carboxylic acids is 1. The Kier molecular flexibility index (Phi) is 3.40. The molecule has 0 aliphatic rings. The van der Waals surface area contributed by atoms with Gasteiger partial charge in [0.25, 0.3) is 0 Å². The molecular formula is C16H12BrNO2. The van der Waals surface area contributed by atoms with E-state index in [-0.39, 0.29) is 5.78 Å². The third-order valence-electron chi connectivity index (χ3n) is 3.14. The SMILES string of the molecule is CCC(=O)c1ccc(-c2cccc3cc(Br)cnc23)o1. The van der Waals surface area contributed by atoms with Gasteiger partial charge in [0.15, 0.2) is 11.5 Å². The van der Waals surface area contributed by atoms with E-state index in [1.54, 1.807) is 12.3 Å². The molecule has 3 nitrogen and oxygen atoms in total. The smallest absolute Gasteiger partial charge is 0.197 e. The number of para-hydroxylation sites is 1. The minimum Gasteiger partial charge on any atom is -0.453 e. The number of aromatic nitrogens is 1. The zero-order valence-corrected chi connectivity index (χ0v) is 12.5. The van der Waals surface area contributed by atoms with Gasteiger partial charge in [0, 0.05) is 28.0 Å². The van der Waals surface area contributed by atoms with E-state index >= 15 is 0 Å². The van der Waals surface area contributed by atoms with Gasteiger partial charge in [-0.05, 0) is 40.2 Å². The molecule has 0 aliphatic heterocycles. The lowest BCUT2D eigenvalue weighted by Gasteiger charge is -2.03. The summed E-state index contributed by atoms with van der Waals surface area (Å²) in [5, 5.41) is 1.02. The first-order valence-electron chi connectivity index (χ1n) is 6.36. The fourth-order valence-electron chi connectivity index (χ4n) is 2.14. The summed E-state index contributed by atoms with van der Waals surface area (Å²) in [5.74, 6) is 1.08. The summed E-state index contributed by atoms with van der Waals surface area (Å²) in [6, 6.07) is 11.4. The van der Waals surface area contributed by atoms with E-state index in [4.69, 9.17) is 4.42 Å². The lowest BCUT2D eigenvalue weighted by atomic mass is 10.1. The molecule has 3 aromatic rings. The van der Waals surface area contributed by atoms with Crippen molar-refractivity contribution in [1.82, 2.24) is 4.98 Å². The summed E-state index contributed by atoms with van der Waals surface area (Å²) in [7, 11) is 0. The number of furan rings is 1. The van der Waals surface area contributed by atoms with Crippen LogP contribution in [0.15, 0.2) is 51.5 Å². The molecule has 3 rings (SSSR count). The van der Waals surface area contributed by atoms with Crippen molar-refractivity contribution in [2.75, 3.05) is 0 Å². The molecule has 0 spiro atoms. The van der Waals surface area contributed by atoms with Crippen molar-refractivity contribution in [3.63, 3.8) is 0 Å². The molecular weight excluding hydrogens is 318 g/mol. The fraction of sp³-hybridized carbons (Fsp3) is 0.125. The molecule has 2 aromatic heterocycles. The highest BCUT2D eigenvalue weighted by molar-refractivity contribution is 9.10. The third-order valence-corrected chi connectivity index (χ3v) is 3.58. The van der Waals surface area contributed by atoms with Gasteiger partial charge in [-0.2, -0.15) is 0 Å². The zero-order valence-electron chi connectivity index (χ0n) is 10.9. The second kappa shape index (κ2) is 5.21. The second-order valence-electron chi connectivity index (χ2n) is 4.47. The van der Waals surface area contributed by atoms with Crippen LogP contribution in [0.1, 0.15) is 23.9 Å². The second-order valence-corrected chi connectivity index (χ2v) is 5.39. The Bertz CT molecular complexity index is 792. The van der Waals surface area contributed by atoms with Gasteiger partial charge in [0.1, 0.15) is 5.76 Å². The fourth-order valence-corrected chi connectivity index (χ4v) is 2.49. The molecule has 0 atom stereocenters. The van der Waals surface area contributed by atoms with Crippen LogP contribution in [0.5, 0.6) is 0 Å². The summed E-state index contributed by atoms with van der Waals surface area (Å²) < 4.78 is 6.59. The van der Waals surface area contributed by atoms with Gasteiger partial charge in [0.2, 0.25) is 0 Å². The highest BCUT2D eigenvalue weighted by atomic mass is 79.9. The first kappa shape index (κ1) is 13.1. The van der Waals surface area contributed by atoms with E-state index in [9.17, 15) is 4.79 Å². The van der Waals surface area contributed by atoms with E-state index in [1.807, 2.05) is 37.3 Å². The van der Waals surface area contributed by atoms with Gasteiger partial charge in [-0.25, -0.2) is 0 Å². The summed E-state index contributed by atoms with van der Waals surface area (Å²) in [6.07, 6.45) is 2.20. The number of ketones is 1. The van der Waals surface area contributed by atoms with Crippen molar-refractivity contribution in [3.8, 4) is 11.3 Å². The number of rotatable bonds is 3. The van der Waals surface area contributed by atoms with Gasteiger partial charge in [-0.15, -0.1) is 0 Å². The van der Waals surface area contributed by atoms with Crippen molar-refractivity contribution in [2.24, 2.45) is 0 Å². The number of hydrogen-bond donors (Lipinski definition) is 0. The van der Waals surface area contributed by atoms with Crippen LogP contribution in [0, 0.1) is 0 Å². The monoisotopic (exact) mass is 329 g/mol. The van der Waals surface area contributed by atoms with Crippen molar-refractivity contribution in [2.45, 2.75) is 13.3 Å². The zero-order chi connectivity index (χ0) is 14.1. The molecule has 0 radical (unpaired) electrons. The molecule has 4 heteroatoms. The number of fused-ring (bicyclic) bond motifs is 1. The standard InChI is InChI=1S/C16H12BrNO2/c1-2-13(19)15-7-6-14(20-15)12-5-3-4-10-8-11(17)9-18-16(10)12/h3-9H,2H2,1H3.